The van der Waals surface area contributed by atoms with Gasteiger partial charge in [-0.2, -0.15) is 0 Å². The van der Waals surface area contributed by atoms with Gasteiger partial charge in [-0.15, -0.1) is 0 Å². The average molecular weight is 349 g/mol. The number of aliphatic hydroxyl groups is 1. The van der Waals surface area contributed by atoms with Gasteiger partial charge >= 0.3 is 6.03 Å². The van der Waals surface area contributed by atoms with Gasteiger partial charge in [0, 0.05) is 18.7 Å². The Labute approximate surface area is 146 Å². The number of rotatable bonds is 7. The maximum absolute atomic E-state index is 12.1. The number of ether oxygens (including phenoxy) is 1. The van der Waals surface area contributed by atoms with Gasteiger partial charge in [0.25, 0.3) is 0 Å². The molecular formula is C18H21ClN2O3. The molecule has 0 radical (unpaired) electrons. The number of methoxy groups -OCH3 is 1. The monoisotopic (exact) mass is 348 g/mol. The summed E-state index contributed by atoms with van der Waals surface area (Å²) in [4.78, 5) is 12.1. The summed E-state index contributed by atoms with van der Waals surface area (Å²) in [7, 11) is 1.60. The third-order valence-corrected chi connectivity index (χ3v) is 3.92. The molecule has 0 aliphatic rings. The van der Waals surface area contributed by atoms with E-state index < -0.39 is 6.04 Å². The van der Waals surface area contributed by atoms with E-state index in [1.807, 2.05) is 30.3 Å². The van der Waals surface area contributed by atoms with Crippen LogP contribution in [-0.2, 0) is 4.74 Å². The Morgan fingerprint density at radius 3 is 2.38 bits per heavy atom. The molecule has 128 valence electrons. The van der Waals surface area contributed by atoms with Crippen molar-refractivity contribution in [2.75, 3.05) is 20.3 Å². The number of amides is 2. The van der Waals surface area contributed by atoms with Gasteiger partial charge in [-0.05, 0) is 23.3 Å². The normalized spacial score (nSPS) is 13.1. The molecule has 0 fully saturated rings. The van der Waals surface area contributed by atoms with Gasteiger partial charge in [-0.3, -0.25) is 0 Å². The summed E-state index contributed by atoms with van der Waals surface area (Å²) in [6.07, 6.45) is -0.236. The van der Waals surface area contributed by atoms with E-state index in [9.17, 15) is 9.90 Å². The number of urea groups is 1. The Kier molecular flexibility index (Phi) is 7.06. The summed E-state index contributed by atoms with van der Waals surface area (Å²) in [6, 6.07) is 15.8. The molecule has 6 heteroatoms. The number of carbonyl (C=O) groups is 1. The first kappa shape index (κ1) is 18.3. The Hall–Kier alpha value is -2.08. The lowest BCUT2D eigenvalue weighted by atomic mass is 10.1. The highest BCUT2D eigenvalue weighted by Gasteiger charge is 2.15. The van der Waals surface area contributed by atoms with Crippen LogP contribution in [-0.4, -0.2) is 31.4 Å². The van der Waals surface area contributed by atoms with Crippen molar-refractivity contribution in [2.24, 2.45) is 0 Å². The van der Waals surface area contributed by atoms with Crippen LogP contribution in [0.3, 0.4) is 0 Å². The van der Waals surface area contributed by atoms with E-state index in [1.165, 1.54) is 0 Å². The zero-order chi connectivity index (χ0) is 17.4. The van der Waals surface area contributed by atoms with Gasteiger partial charge in [-0.1, -0.05) is 54.1 Å². The third kappa shape index (κ3) is 5.23. The molecule has 2 aromatic rings. The molecule has 5 nitrogen and oxygen atoms in total. The van der Waals surface area contributed by atoms with E-state index in [4.69, 9.17) is 16.3 Å². The molecule has 0 saturated carbocycles. The number of nitrogens with one attached hydrogen (secondary N) is 2. The maximum atomic E-state index is 12.1. The number of hydrogen-bond acceptors (Lipinski definition) is 3. The fraction of sp³-hybridized carbons (Fsp3) is 0.278. The summed E-state index contributed by atoms with van der Waals surface area (Å²) in [6.45, 7) is 0.118. The van der Waals surface area contributed by atoms with Gasteiger partial charge in [0.15, 0.2) is 0 Å². The first-order valence-corrected chi connectivity index (χ1v) is 8.00. The number of hydrogen-bond donors (Lipinski definition) is 3. The summed E-state index contributed by atoms with van der Waals surface area (Å²) >= 11 is 5.85. The quantitative estimate of drug-likeness (QED) is 0.720. The van der Waals surface area contributed by atoms with Crippen LogP contribution in [0.2, 0.25) is 5.02 Å². The Morgan fingerprint density at radius 2 is 1.79 bits per heavy atom. The Balaban J connectivity index is 1.90. The van der Waals surface area contributed by atoms with Crippen LogP contribution >= 0.6 is 11.6 Å². The standard InChI is InChI=1S/C18H21ClN2O3/c1-24-17(14-5-3-2-4-6-14)11-20-18(23)21-16(12-22)13-7-9-15(19)10-8-13/h2-10,16-17,22H,11-12H2,1H3,(H2,20,21,23). The Bertz CT molecular complexity index is 634. The van der Waals surface area contributed by atoms with Gasteiger partial charge < -0.3 is 20.5 Å². The molecule has 3 N–H and O–H groups in total. The second kappa shape index (κ2) is 9.27. The van der Waals surface area contributed by atoms with Crippen LogP contribution in [0.5, 0.6) is 0 Å². The highest BCUT2D eigenvalue weighted by molar-refractivity contribution is 6.30. The molecule has 2 atom stereocenters. The van der Waals surface area contributed by atoms with Gasteiger partial charge in [0.1, 0.15) is 0 Å². The SMILES string of the molecule is COC(CNC(=O)NC(CO)c1ccc(Cl)cc1)c1ccccc1. The molecule has 24 heavy (non-hydrogen) atoms. The molecule has 0 bridgehead atoms. The summed E-state index contributed by atoms with van der Waals surface area (Å²) in [5.41, 5.74) is 1.76. The maximum Gasteiger partial charge on any atom is 0.315 e. The third-order valence-electron chi connectivity index (χ3n) is 3.66. The average Bonchev–Trinajstić information content (AvgIpc) is 2.62. The lowest BCUT2D eigenvalue weighted by Gasteiger charge is -2.20. The van der Waals surface area contributed by atoms with Crippen molar-refractivity contribution in [1.29, 1.82) is 0 Å². The molecule has 0 aromatic heterocycles. The van der Waals surface area contributed by atoms with Crippen LogP contribution in [0.25, 0.3) is 0 Å². The molecule has 2 rings (SSSR count). The van der Waals surface area contributed by atoms with Crippen molar-refractivity contribution in [1.82, 2.24) is 10.6 Å². The predicted molar refractivity (Wildman–Crippen MR) is 94.0 cm³/mol. The minimum atomic E-state index is -0.500. The van der Waals surface area contributed by atoms with Crippen LogP contribution in [0.4, 0.5) is 4.79 Å². The molecular weight excluding hydrogens is 328 g/mol. The van der Waals surface area contributed by atoms with E-state index in [0.29, 0.717) is 11.6 Å². The van der Waals surface area contributed by atoms with Crippen molar-refractivity contribution in [3.05, 3.63) is 70.7 Å². The molecule has 0 aliphatic heterocycles. The molecule has 0 spiro atoms. The fourth-order valence-corrected chi connectivity index (χ4v) is 2.46. The van der Waals surface area contributed by atoms with Crippen LogP contribution in [0.15, 0.2) is 54.6 Å². The second-order valence-corrected chi connectivity index (χ2v) is 5.71. The highest BCUT2D eigenvalue weighted by atomic mass is 35.5. The smallest absolute Gasteiger partial charge is 0.315 e. The molecule has 0 saturated heterocycles. The van der Waals surface area contributed by atoms with E-state index in [1.54, 1.807) is 31.4 Å². The summed E-state index contributed by atoms with van der Waals surface area (Å²) in [5, 5.41) is 15.6. The van der Waals surface area contributed by atoms with Crippen molar-refractivity contribution >= 4 is 17.6 Å². The van der Waals surface area contributed by atoms with Crippen LogP contribution in [0, 0.1) is 0 Å². The minimum Gasteiger partial charge on any atom is -0.394 e. The van der Waals surface area contributed by atoms with E-state index >= 15 is 0 Å². The lowest BCUT2D eigenvalue weighted by Crippen LogP contribution is -2.41. The van der Waals surface area contributed by atoms with Crippen LogP contribution in [0.1, 0.15) is 23.3 Å². The molecule has 2 amide bonds. The highest BCUT2D eigenvalue weighted by Crippen LogP contribution is 2.17. The molecule has 0 aliphatic carbocycles. The summed E-state index contributed by atoms with van der Waals surface area (Å²) in [5.74, 6) is 0. The second-order valence-electron chi connectivity index (χ2n) is 5.28. The van der Waals surface area contributed by atoms with E-state index in [-0.39, 0.29) is 18.7 Å². The van der Waals surface area contributed by atoms with Crippen molar-refractivity contribution < 1.29 is 14.6 Å². The number of carbonyl (C=O) groups excluding carboxylic acids is 1. The molecule has 0 heterocycles. The molecule has 2 aromatic carbocycles. The van der Waals surface area contributed by atoms with Crippen molar-refractivity contribution in [3.63, 3.8) is 0 Å². The van der Waals surface area contributed by atoms with E-state index in [2.05, 4.69) is 10.6 Å². The molecule has 2 unspecified atom stereocenters. The predicted octanol–water partition coefficient (Wildman–Crippen LogP) is 3.06. The van der Waals surface area contributed by atoms with E-state index in [0.717, 1.165) is 11.1 Å². The Morgan fingerprint density at radius 1 is 1.12 bits per heavy atom. The fourth-order valence-electron chi connectivity index (χ4n) is 2.33. The number of halogens is 1. The summed E-state index contributed by atoms with van der Waals surface area (Å²) < 4.78 is 5.41. The number of benzene rings is 2. The number of aliphatic hydroxyl groups excluding tert-OH is 1. The first-order valence-electron chi connectivity index (χ1n) is 7.62. The van der Waals surface area contributed by atoms with Gasteiger partial charge in [0.05, 0.1) is 18.8 Å². The van der Waals surface area contributed by atoms with Crippen molar-refractivity contribution in [2.45, 2.75) is 12.1 Å². The largest absolute Gasteiger partial charge is 0.394 e. The topological polar surface area (TPSA) is 70.6 Å². The minimum absolute atomic E-state index is 0.207. The lowest BCUT2D eigenvalue weighted by molar-refractivity contribution is 0.103. The first-order chi connectivity index (χ1) is 11.6. The van der Waals surface area contributed by atoms with Gasteiger partial charge in [0.2, 0.25) is 0 Å². The zero-order valence-corrected chi connectivity index (χ0v) is 14.2. The van der Waals surface area contributed by atoms with Crippen molar-refractivity contribution in [3.8, 4) is 0 Å². The van der Waals surface area contributed by atoms with Crippen LogP contribution < -0.4 is 10.6 Å². The van der Waals surface area contributed by atoms with Gasteiger partial charge in [-0.25, -0.2) is 4.79 Å². The zero-order valence-electron chi connectivity index (χ0n) is 13.4.